The Labute approximate surface area is 191 Å². The molecule has 1 N–H and O–H groups in total. The van der Waals surface area contributed by atoms with Crippen molar-refractivity contribution in [3.8, 4) is 0 Å². The number of aromatic nitrogens is 1. The van der Waals surface area contributed by atoms with Crippen molar-refractivity contribution in [2.45, 2.75) is 25.3 Å². The van der Waals surface area contributed by atoms with Crippen LogP contribution in [-0.2, 0) is 11.2 Å². The van der Waals surface area contributed by atoms with Gasteiger partial charge in [-0.1, -0.05) is 30.3 Å². The first-order valence-corrected chi connectivity index (χ1v) is 10.3. The molecule has 2 heterocycles. The lowest BCUT2D eigenvalue weighted by Crippen LogP contribution is -2.35. The lowest BCUT2D eigenvalue weighted by molar-refractivity contribution is -0.123. The highest BCUT2D eigenvalue weighted by molar-refractivity contribution is 5.86. The molecule has 2 aromatic carbocycles. The van der Waals surface area contributed by atoms with Crippen molar-refractivity contribution in [3.05, 3.63) is 111 Å². The fourth-order valence-corrected chi connectivity index (χ4v) is 3.71. The predicted molar refractivity (Wildman–Crippen MR) is 116 cm³/mol. The van der Waals surface area contributed by atoms with Crippen LogP contribution in [0.2, 0.25) is 0 Å². The summed E-state index contributed by atoms with van der Waals surface area (Å²) in [5, 5.41) is 2.27. The summed E-state index contributed by atoms with van der Waals surface area (Å²) in [6, 6.07) is 11.4. The average molecular weight is 470 g/mol. The van der Waals surface area contributed by atoms with E-state index in [1.807, 2.05) is 0 Å². The van der Waals surface area contributed by atoms with Crippen molar-refractivity contribution in [3.63, 3.8) is 0 Å². The van der Waals surface area contributed by atoms with Gasteiger partial charge in [0.05, 0.1) is 34.8 Å². The van der Waals surface area contributed by atoms with E-state index in [2.05, 4.69) is 10.3 Å². The Morgan fingerprint density at radius 1 is 1.03 bits per heavy atom. The molecule has 0 unspecified atom stereocenters. The topological polar surface area (TPSA) is 72.2 Å². The standard InChI is InChI=1S/C25H18F4N2O3/c1-13(23-20(28)10-15(26)12-30-23)31-24(32)16(9-14-5-3-2-4-6-14)17-11-18-21(34-25(17)33)8-7-19(27)22(18)29/h2-8,10-13,16H,9H2,1H3,(H,31,32)/t13-,16-/m1/s1. The first kappa shape index (κ1) is 23.2. The number of halogens is 4. The third-order valence-corrected chi connectivity index (χ3v) is 5.41. The van der Waals surface area contributed by atoms with E-state index in [-0.39, 0.29) is 28.6 Å². The van der Waals surface area contributed by atoms with Crippen LogP contribution in [0.3, 0.4) is 0 Å². The maximum Gasteiger partial charge on any atom is 0.340 e. The van der Waals surface area contributed by atoms with Crippen LogP contribution in [0.5, 0.6) is 0 Å². The number of benzene rings is 2. The van der Waals surface area contributed by atoms with Crippen LogP contribution >= 0.6 is 0 Å². The van der Waals surface area contributed by atoms with E-state index in [1.165, 1.54) is 6.92 Å². The number of hydrogen-bond donors (Lipinski definition) is 1. The number of rotatable bonds is 6. The minimum atomic E-state index is -1.22. The van der Waals surface area contributed by atoms with Gasteiger partial charge in [0.2, 0.25) is 5.91 Å². The van der Waals surface area contributed by atoms with Crippen molar-refractivity contribution < 1.29 is 26.8 Å². The zero-order valence-corrected chi connectivity index (χ0v) is 17.8. The number of carbonyl (C=O) groups is 1. The maximum atomic E-state index is 14.4. The van der Waals surface area contributed by atoms with Gasteiger partial charge in [-0.15, -0.1) is 0 Å². The summed E-state index contributed by atoms with van der Waals surface area (Å²) in [6.45, 7) is 1.44. The predicted octanol–water partition coefficient (Wildman–Crippen LogP) is 4.95. The molecule has 0 aliphatic rings. The zero-order valence-electron chi connectivity index (χ0n) is 17.8. The summed E-state index contributed by atoms with van der Waals surface area (Å²) in [6.07, 6.45) is 0.837. The van der Waals surface area contributed by atoms with Crippen LogP contribution in [-0.4, -0.2) is 10.9 Å². The van der Waals surface area contributed by atoms with Gasteiger partial charge in [-0.25, -0.2) is 22.4 Å². The quantitative estimate of drug-likeness (QED) is 0.320. The summed E-state index contributed by atoms with van der Waals surface area (Å²) in [7, 11) is 0. The second-order valence-electron chi connectivity index (χ2n) is 7.76. The number of carbonyl (C=O) groups excluding carboxylic acids is 1. The zero-order chi connectivity index (χ0) is 24.4. The fraction of sp³-hybridized carbons (Fsp3) is 0.160. The summed E-state index contributed by atoms with van der Waals surface area (Å²) in [5.74, 6) is -6.06. The lowest BCUT2D eigenvalue weighted by atomic mass is 9.91. The largest absolute Gasteiger partial charge is 0.422 e. The Morgan fingerprint density at radius 3 is 2.47 bits per heavy atom. The molecule has 4 rings (SSSR count). The molecule has 0 fully saturated rings. The van der Waals surface area contributed by atoms with Crippen LogP contribution in [0.15, 0.2) is 70.0 Å². The summed E-state index contributed by atoms with van der Waals surface area (Å²) >= 11 is 0. The number of hydrogen-bond acceptors (Lipinski definition) is 4. The summed E-state index contributed by atoms with van der Waals surface area (Å²) < 4.78 is 60.7. The van der Waals surface area contributed by atoms with E-state index in [0.717, 1.165) is 24.4 Å². The molecular weight excluding hydrogens is 452 g/mol. The van der Waals surface area contributed by atoms with Gasteiger partial charge in [0.15, 0.2) is 11.6 Å². The van der Waals surface area contributed by atoms with Crippen molar-refractivity contribution in [1.29, 1.82) is 0 Å². The van der Waals surface area contributed by atoms with Gasteiger partial charge in [0.25, 0.3) is 0 Å². The first-order valence-electron chi connectivity index (χ1n) is 10.3. The van der Waals surface area contributed by atoms with Gasteiger partial charge >= 0.3 is 5.63 Å². The minimum absolute atomic E-state index is 0.0198. The molecule has 0 radical (unpaired) electrons. The van der Waals surface area contributed by atoms with E-state index < -0.39 is 46.8 Å². The first-order chi connectivity index (χ1) is 16.2. The van der Waals surface area contributed by atoms with Crippen LogP contribution in [0.4, 0.5) is 17.6 Å². The van der Waals surface area contributed by atoms with Crippen LogP contribution in [0.1, 0.15) is 35.7 Å². The van der Waals surface area contributed by atoms with Crippen molar-refractivity contribution >= 4 is 16.9 Å². The molecular formula is C25H18F4N2O3. The Bertz CT molecular complexity index is 1420. The Hall–Kier alpha value is -4.01. The van der Waals surface area contributed by atoms with Crippen molar-refractivity contribution in [2.75, 3.05) is 0 Å². The monoisotopic (exact) mass is 470 g/mol. The summed E-state index contributed by atoms with van der Waals surface area (Å²) in [5.41, 5.74) is -0.781. The number of nitrogens with zero attached hydrogens (tertiary/aromatic N) is 1. The van der Waals surface area contributed by atoms with E-state index in [9.17, 15) is 27.2 Å². The van der Waals surface area contributed by atoms with Gasteiger partial charge in [-0.3, -0.25) is 9.78 Å². The molecule has 174 valence electrons. The molecule has 0 spiro atoms. The van der Waals surface area contributed by atoms with Crippen LogP contribution in [0, 0.1) is 23.3 Å². The molecule has 0 aliphatic carbocycles. The highest BCUT2D eigenvalue weighted by Crippen LogP contribution is 2.26. The average Bonchev–Trinajstić information content (AvgIpc) is 2.80. The molecule has 0 bridgehead atoms. The van der Waals surface area contributed by atoms with Crippen molar-refractivity contribution in [2.24, 2.45) is 0 Å². The smallest absolute Gasteiger partial charge is 0.340 e. The molecule has 1 amide bonds. The van der Waals surface area contributed by atoms with E-state index in [4.69, 9.17) is 4.42 Å². The van der Waals surface area contributed by atoms with E-state index >= 15 is 0 Å². The maximum absolute atomic E-state index is 14.4. The SMILES string of the molecule is C[C@@H](NC(=O)[C@H](Cc1ccccc1)c1cc2c(F)c(F)ccc2oc1=O)c1ncc(F)cc1F. The third kappa shape index (κ3) is 4.68. The van der Waals surface area contributed by atoms with Gasteiger partial charge < -0.3 is 9.73 Å². The molecule has 5 nitrogen and oxygen atoms in total. The van der Waals surface area contributed by atoms with Gasteiger partial charge in [-0.2, -0.15) is 0 Å². The molecule has 2 aromatic heterocycles. The molecule has 9 heteroatoms. The molecule has 34 heavy (non-hydrogen) atoms. The Kier molecular flexibility index (Phi) is 6.45. The summed E-state index contributed by atoms with van der Waals surface area (Å²) in [4.78, 5) is 29.7. The van der Waals surface area contributed by atoms with Gasteiger partial charge in [0, 0.05) is 6.07 Å². The van der Waals surface area contributed by atoms with E-state index in [0.29, 0.717) is 11.6 Å². The second-order valence-corrected chi connectivity index (χ2v) is 7.76. The Balaban J connectivity index is 1.75. The molecule has 2 atom stereocenters. The number of nitrogens with one attached hydrogen (secondary N) is 1. The lowest BCUT2D eigenvalue weighted by Gasteiger charge is -2.20. The van der Waals surface area contributed by atoms with Gasteiger partial charge in [-0.05, 0) is 37.1 Å². The number of fused-ring (bicyclic) bond motifs is 1. The molecule has 0 aliphatic heterocycles. The molecule has 0 saturated heterocycles. The van der Waals surface area contributed by atoms with Crippen LogP contribution in [0.25, 0.3) is 11.0 Å². The normalized spacial score (nSPS) is 13.0. The second kappa shape index (κ2) is 9.46. The highest BCUT2D eigenvalue weighted by atomic mass is 19.2. The highest BCUT2D eigenvalue weighted by Gasteiger charge is 2.28. The number of pyridine rings is 1. The molecule has 4 aromatic rings. The minimum Gasteiger partial charge on any atom is -0.422 e. The van der Waals surface area contributed by atoms with Crippen LogP contribution < -0.4 is 10.9 Å². The molecule has 0 saturated carbocycles. The fourth-order valence-electron chi connectivity index (χ4n) is 3.71. The third-order valence-electron chi connectivity index (χ3n) is 5.41. The van der Waals surface area contributed by atoms with E-state index in [1.54, 1.807) is 30.3 Å². The number of amides is 1. The Morgan fingerprint density at radius 2 is 1.76 bits per heavy atom. The van der Waals surface area contributed by atoms with Gasteiger partial charge in [0.1, 0.15) is 17.2 Å². The van der Waals surface area contributed by atoms with Crippen molar-refractivity contribution in [1.82, 2.24) is 10.3 Å².